The lowest BCUT2D eigenvalue weighted by atomic mass is 9.80. The van der Waals surface area contributed by atoms with Gasteiger partial charge in [-0.15, -0.1) is 0 Å². The summed E-state index contributed by atoms with van der Waals surface area (Å²) in [4.78, 5) is 12.9. The van der Waals surface area contributed by atoms with E-state index in [1.54, 1.807) is 18.2 Å². The third-order valence-electron chi connectivity index (χ3n) is 6.76. The molecule has 2 atom stereocenters. The predicted molar refractivity (Wildman–Crippen MR) is 118 cm³/mol. The second-order valence-electron chi connectivity index (χ2n) is 8.83. The highest BCUT2D eigenvalue weighted by Crippen LogP contribution is 2.30. The zero-order chi connectivity index (χ0) is 21.1. The van der Waals surface area contributed by atoms with E-state index in [2.05, 4.69) is 25.7 Å². The molecule has 9 heteroatoms. The van der Waals surface area contributed by atoms with Crippen molar-refractivity contribution in [1.82, 2.24) is 18.8 Å². The van der Waals surface area contributed by atoms with E-state index in [0.717, 1.165) is 43.8 Å². The smallest absolute Gasteiger partial charge is 0.242 e. The molecule has 2 aliphatic carbocycles. The summed E-state index contributed by atoms with van der Waals surface area (Å²) in [7, 11) is -3.64. The Hall–Kier alpha value is -1.58. The number of hydrogen-bond acceptors (Lipinski definition) is 6. The monoisotopic (exact) mass is 450 g/mol. The number of aromatic nitrogens is 2. The van der Waals surface area contributed by atoms with Crippen LogP contribution in [0.2, 0.25) is 0 Å². The molecule has 2 aromatic rings. The van der Waals surface area contributed by atoms with Gasteiger partial charge in [-0.1, -0.05) is 25.8 Å². The molecular weight excluding hydrogens is 420 g/mol. The Labute approximate surface area is 182 Å². The molecule has 7 nitrogen and oxygen atoms in total. The molecule has 4 rings (SSSR count). The molecule has 1 aromatic carbocycles. The third kappa shape index (κ3) is 4.84. The van der Waals surface area contributed by atoms with E-state index in [4.69, 9.17) is 0 Å². The Morgan fingerprint density at radius 2 is 1.87 bits per heavy atom. The molecule has 0 bridgehead atoms. The average Bonchev–Trinajstić information content (AvgIpc) is 3.23. The van der Waals surface area contributed by atoms with Crippen LogP contribution in [0.5, 0.6) is 0 Å². The van der Waals surface area contributed by atoms with Crippen molar-refractivity contribution in [3.63, 3.8) is 0 Å². The van der Waals surface area contributed by atoms with Crippen LogP contribution < -0.4 is 10.0 Å². The highest BCUT2D eigenvalue weighted by molar-refractivity contribution is 7.89. The lowest BCUT2D eigenvalue weighted by Crippen LogP contribution is -2.44. The molecule has 30 heavy (non-hydrogen) atoms. The number of hydrogen-bond donors (Lipinski definition) is 2. The third-order valence-corrected chi connectivity index (χ3v) is 8.75. The first-order chi connectivity index (χ1) is 14.4. The van der Waals surface area contributed by atoms with E-state index in [1.165, 1.54) is 19.3 Å². The second-order valence-corrected chi connectivity index (χ2v) is 11.1. The molecule has 2 N–H and O–H groups in total. The van der Waals surface area contributed by atoms with E-state index in [1.807, 2.05) is 0 Å². The van der Waals surface area contributed by atoms with Crippen molar-refractivity contribution in [3.8, 4) is 0 Å². The van der Waals surface area contributed by atoms with Crippen LogP contribution >= 0.6 is 11.7 Å². The molecule has 0 aliphatic heterocycles. The quantitative estimate of drug-likeness (QED) is 0.702. The molecule has 0 radical (unpaired) electrons. The minimum atomic E-state index is -3.64. The van der Waals surface area contributed by atoms with Crippen molar-refractivity contribution >= 4 is 38.7 Å². The van der Waals surface area contributed by atoms with Gasteiger partial charge in [0.15, 0.2) is 0 Å². The number of fused-ring (bicyclic) bond motifs is 1. The van der Waals surface area contributed by atoms with Gasteiger partial charge in [0.05, 0.1) is 11.7 Å². The number of nitrogens with zero attached hydrogens (tertiary/aromatic N) is 2. The number of amides is 1. The molecule has 1 amide bonds. The predicted octanol–water partition coefficient (Wildman–Crippen LogP) is 3.47. The van der Waals surface area contributed by atoms with E-state index >= 15 is 0 Å². The minimum Gasteiger partial charge on any atom is -0.353 e. The van der Waals surface area contributed by atoms with Crippen LogP contribution in [0.1, 0.15) is 58.3 Å². The molecular formula is C21H30N4O3S2. The number of sulfonamides is 1. The summed E-state index contributed by atoms with van der Waals surface area (Å²) >= 11 is 1.01. The number of benzene rings is 1. The molecule has 0 unspecified atom stereocenters. The summed E-state index contributed by atoms with van der Waals surface area (Å²) in [6.45, 7) is 2.62. The largest absolute Gasteiger partial charge is 0.353 e. The highest BCUT2D eigenvalue weighted by Gasteiger charge is 2.30. The van der Waals surface area contributed by atoms with Crippen molar-refractivity contribution in [1.29, 1.82) is 0 Å². The lowest BCUT2D eigenvalue weighted by molar-refractivity contribution is -0.127. The fraction of sp³-hybridized carbons (Fsp3) is 0.667. The molecule has 1 heterocycles. The van der Waals surface area contributed by atoms with Crippen LogP contribution in [0.3, 0.4) is 0 Å². The molecule has 1 aromatic heterocycles. The minimum absolute atomic E-state index is 0.0572. The van der Waals surface area contributed by atoms with Crippen LogP contribution in [-0.2, 0) is 14.8 Å². The maximum Gasteiger partial charge on any atom is 0.242 e. The maximum atomic E-state index is 12.8. The summed E-state index contributed by atoms with van der Waals surface area (Å²) in [5.41, 5.74) is 1.02. The fourth-order valence-corrected chi connectivity index (χ4v) is 6.64. The van der Waals surface area contributed by atoms with Gasteiger partial charge in [0.25, 0.3) is 0 Å². The van der Waals surface area contributed by atoms with Gasteiger partial charge < -0.3 is 5.32 Å². The van der Waals surface area contributed by atoms with Gasteiger partial charge in [-0.05, 0) is 62.5 Å². The van der Waals surface area contributed by atoms with E-state index in [9.17, 15) is 13.2 Å². The number of nitrogens with one attached hydrogen (secondary N) is 2. The summed E-state index contributed by atoms with van der Waals surface area (Å²) in [6, 6.07) is 5.34. The van der Waals surface area contributed by atoms with Crippen molar-refractivity contribution in [2.24, 2.45) is 17.8 Å². The number of rotatable bonds is 6. The Kier molecular flexibility index (Phi) is 6.69. The SMILES string of the molecule is C[C@@H]1CCCC[C@@H]1NC(=O)C1CCC(CNS(=O)(=O)c2cccc3nsnc23)CC1. The van der Waals surface area contributed by atoms with Crippen LogP contribution in [-0.4, -0.2) is 35.7 Å². The van der Waals surface area contributed by atoms with Gasteiger partial charge in [-0.3, -0.25) is 4.79 Å². The lowest BCUT2D eigenvalue weighted by Gasteiger charge is -2.33. The molecule has 2 fully saturated rings. The standard InChI is InChI=1S/C21H30N4O3S2/c1-14-5-2-3-6-17(14)23-21(26)16-11-9-15(10-12-16)13-22-30(27,28)19-8-4-7-18-20(19)25-29-24-18/h4,7-8,14-17,22H,2-3,5-6,9-13H2,1H3,(H,23,26)/t14-,15?,16?,17+/m1/s1. The van der Waals surface area contributed by atoms with Crippen LogP contribution in [0.4, 0.5) is 0 Å². The molecule has 2 saturated carbocycles. The number of carbonyl (C=O) groups is 1. The summed E-state index contributed by atoms with van der Waals surface area (Å²) in [5.74, 6) is 1.06. The van der Waals surface area contributed by atoms with Gasteiger partial charge in [0.2, 0.25) is 15.9 Å². The molecule has 164 valence electrons. The first-order valence-electron chi connectivity index (χ1n) is 11.0. The Morgan fingerprint density at radius 3 is 2.63 bits per heavy atom. The van der Waals surface area contributed by atoms with Gasteiger partial charge >= 0.3 is 0 Å². The first kappa shape index (κ1) is 21.6. The van der Waals surface area contributed by atoms with Crippen LogP contribution in [0, 0.1) is 17.8 Å². The molecule has 2 aliphatic rings. The van der Waals surface area contributed by atoms with Crippen LogP contribution in [0.25, 0.3) is 11.0 Å². The van der Waals surface area contributed by atoms with Gasteiger partial charge in [0.1, 0.15) is 15.9 Å². The zero-order valence-electron chi connectivity index (χ0n) is 17.3. The van der Waals surface area contributed by atoms with E-state index < -0.39 is 10.0 Å². The fourth-order valence-electron chi connectivity index (χ4n) is 4.76. The van der Waals surface area contributed by atoms with Crippen molar-refractivity contribution in [2.75, 3.05) is 6.54 Å². The van der Waals surface area contributed by atoms with Gasteiger partial charge in [-0.2, -0.15) is 8.75 Å². The Morgan fingerprint density at radius 1 is 1.10 bits per heavy atom. The highest BCUT2D eigenvalue weighted by atomic mass is 32.2. The molecule has 0 spiro atoms. The van der Waals surface area contributed by atoms with Crippen molar-refractivity contribution in [2.45, 2.75) is 69.2 Å². The zero-order valence-corrected chi connectivity index (χ0v) is 19.0. The average molecular weight is 451 g/mol. The maximum absolute atomic E-state index is 12.8. The Bertz CT molecular complexity index is 983. The van der Waals surface area contributed by atoms with Crippen LogP contribution in [0.15, 0.2) is 23.1 Å². The van der Waals surface area contributed by atoms with E-state index in [0.29, 0.717) is 29.5 Å². The summed E-state index contributed by atoms with van der Waals surface area (Å²) < 4.78 is 36.5. The number of carbonyl (C=O) groups excluding carboxylic acids is 1. The van der Waals surface area contributed by atoms with Crippen molar-refractivity contribution in [3.05, 3.63) is 18.2 Å². The van der Waals surface area contributed by atoms with Crippen molar-refractivity contribution < 1.29 is 13.2 Å². The Balaban J connectivity index is 1.27. The topological polar surface area (TPSA) is 101 Å². The van der Waals surface area contributed by atoms with E-state index in [-0.39, 0.29) is 22.6 Å². The first-order valence-corrected chi connectivity index (χ1v) is 13.2. The summed E-state index contributed by atoms with van der Waals surface area (Å²) in [6.07, 6.45) is 8.13. The molecule has 0 saturated heterocycles. The second kappa shape index (κ2) is 9.28. The summed E-state index contributed by atoms with van der Waals surface area (Å²) in [5, 5.41) is 3.28. The normalized spacial score (nSPS) is 27.8. The van der Waals surface area contributed by atoms with Gasteiger partial charge in [0, 0.05) is 18.5 Å². The van der Waals surface area contributed by atoms with Gasteiger partial charge in [-0.25, -0.2) is 13.1 Å².